The average molecular weight is 285 g/mol. The van der Waals surface area contributed by atoms with Gasteiger partial charge in [-0.3, -0.25) is 4.79 Å². The zero-order valence-corrected chi connectivity index (χ0v) is 11.0. The summed E-state index contributed by atoms with van der Waals surface area (Å²) in [4.78, 5) is 10.8. The SMILES string of the molecule is CC.O=CC1=C(Br)CCc2cc(F)ccc21. The molecule has 0 aliphatic heterocycles. The molecule has 1 aromatic rings. The molecular weight excluding hydrogens is 271 g/mol. The summed E-state index contributed by atoms with van der Waals surface area (Å²) in [5, 5.41) is 0. The first-order valence-electron chi connectivity index (χ1n) is 5.35. The van der Waals surface area contributed by atoms with Crippen molar-refractivity contribution >= 4 is 27.8 Å². The number of fused-ring (bicyclic) bond motifs is 1. The third-order valence-corrected chi connectivity index (χ3v) is 3.21. The van der Waals surface area contributed by atoms with Crippen LogP contribution >= 0.6 is 15.9 Å². The number of aryl methyl sites for hydroxylation is 1. The van der Waals surface area contributed by atoms with Gasteiger partial charge in [0.25, 0.3) is 0 Å². The van der Waals surface area contributed by atoms with Crippen molar-refractivity contribution in [3.63, 3.8) is 0 Å². The standard InChI is InChI=1S/C11H8BrFO.C2H6/c12-11-4-1-7-5-8(13)2-3-9(7)10(11)6-14;1-2/h2-3,5-6H,1,4H2;1-2H3. The first kappa shape index (κ1) is 13.1. The van der Waals surface area contributed by atoms with Crippen LogP contribution in [0.3, 0.4) is 0 Å². The van der Waals surface area contributed by atoms with E-state index in [2.05, 4.69) is 15.9 Å². The molecule has 1 aromatic carbocycles. The Labute approximate surface area is 103 Å². The zero-order valence-electron chi connectivity index (χ0n) is 9.39. The molecule has 2 rings (SSSR count). The summed E-state index contributed by atoms with van der Waals surface area (Å²) < 4.78 is 13.8. The Balaban J connectivity index is 0.000000606. The Bertz CT molecular complexity index is 424. The predicted molar refractivity (Wildman–Crippen MR) is 68.0 cm³/mol. The summed E-state index contributed by atoms with van der Waals surface area (Å²) in [6.07, 6.45) is 2.37. The second-order valence-electron chi connectivity index (χ2n) is 3.24. The minimum atomic E-state index is -0.243. The number of halogens is 2. The first-order valence-corrected chi connectivity index (χ1v) is 6.14. The normalized spacial score (nSPS) is 13.8. The van der Waals surface area contributed by atoms with Crippen molar-refractivity contribution in [1.29, 1.82) is 0 Å². The molecule has 0 fully saturated rings. The molecule has 0 spiro atoms. The van der Waals surface area contributed by atoms with Gasteiger partial charge in [-0.25, -0.2) is 4.39 Å². The topological polar surface area (TPSA) is 17.1 Å². The van der Waals surface area contributed by atoms with Gasteiger partial charge < -0.3 is 0 Å². The molecule has 0 bridgehead atoms. The molecule has 1 aliphatic carbocycles. The van der Waals surface area contributed by atoms with Crippen molar-refractivity contribution in [2.75, 3.05) is 0 Å². The van der Waals surface area contributed by atoms with Gasteiger partial charge in [-0.1, -0.05) is 35.8 Å². The fourth-order valence-corrected chi connectivity index (χ4v) is 2.19. The lowest BCUT2D eigenvalue weighted by Gasteiger charge is -2.16. The summed E-state index contributed by atoms with van der Waals surface area (Å²) in [5.74, 6) is -0.243. The number of benzene rings is 1. The molecule has 16 heavy (non-hydrogen) atoms. The van der Waals surface area contributed by atoms with E-state index >= 15 is 0 Å². The Kier molecular flexibility index (Phi) is 4.87. The lowest BCUT2D eigenvalue weighted by atomic mass is 9.91. The molecule has 1 nitrogen and oxygen atoms in total. The lowest BCUT2D eigenvalue weighted by molar-refractivity contribution is -0.103. The van der Waals surface area contributed by atoms with Gasteiger partial charge in [0.15, 0.2) is 6.29 Å². The van der Waals surface area contributed by atoms with Gasteiger partial charge in [-0.05, 0) is 36.1 Å². The molecule has 0 aromatic heterocycles. The highest BCUT2D eigenvalue weighted by atomic mass is 79.9. The highest BCUT2D eigenvalue weighted by Gasteiger charge is 2.17. The summed E-state index contributed by atoms with van der Waals surface area (Å²) in [6, 6.07) is 4.54. The van der Waals surface area contributed by atoms with Crippen LogP contribution in [0, 0.1) is 5.82 Å². The second-order valence-corrected chi connectivity index (χ2v) is 4.20. The van der Waals surface area contributed by atoms with Gasteiger partial charge >= 0.3 is 0 Å². The van der Waals surface area contributed by atoms with Gasteiger partial charge in [0.05, 0.1) is 0 Å². The van der Waals surface area contributed by atoms with Crippen LogP contribution in [-0.4, -0.2) is 6.29 Å². The minimum absolute atomic E-state index is 0.243. The number of hydrogen-bond donors (Lipinski definition) is 0. The van der Waals surface area contributed by atoms with Crippen LogP contribution in [0.4, 0.5) is 4.39 Å². The van der Waals surface area contributed by atoms with Crippen LogP contribution in [0.2, 0.25) is 0 Å². The number of carbonyl (C=O) groups excluding carboxylic acids is 1. The van der Waals surface area contributed by atoms with Crippen molar-refractivity contribution in [2.45, 2.75) is 26.7 Å². The van der Waals surface area contributed by atoms with E-state index in [-0.39, 0.29) is 5.82 Å². The number of rotatable bonds is 1. The Morgan fingerprint density at radius 1 is 1.31 bits per heavy atom. The quantitative estimate of drug-likeness (QED) is 0.710. The summed E-state index contributed by atoms with van der Waals surface area (Å²) in [6.45, 7) is 4.00. The summed E-state index contributed by atoms with van der Waals surface area (Å²) in [7, 11) is 0. The fraction of sp³-hybridized carbons (Fsp3) is 0.308. The number of aldehydes is 1. The molecule has 0 atom stereocenters. The molecule has 0 heterocycles. The van der Waals surface area contributed by atoms with Crippen LogP contribution in [0.1, 0.15) is 31.4 Å². The van der Waals surface area contributed by atoms with Crippen LogP contribution in [0.5, 0.6) is 0 Å². The molecular formula is C13H14BrFO. The maximum Gasteiger partial charge on any atom is 0.151 e. The van der Waals surface area contributed by atoms with E-state index in [9.17, 15) is 9.18 Å². The van der Waals surface area contributed by atoms with Gasteiger partial charge in [0, 0.05) is 10.1 Å². The van der Waals surface area contributed by atoms with Crippen molar-refractivity contribution in [3.8, 4) is 0 Å². The van der Waals surface area contributed by atoms with Crippen LogP contribution in [0.15, 0.2) is 22.7 Å². The molecule has 0 saturated heterocycles. The van der Waals surface area contributed by atoms with Gasteiger partial charge in [0.2, 0.25) is 0 Å². The molecule has 86 valence electrons. The van der Waals surface area contributed by atoms with Crippen molar-refractivity contribution in [1.82, 2.24) is 0 Å². The predicted octanol–water partition coefficient (Wildman–Crippen LogP) is 4.10. The Morgan fingerprint density at radius 3 is 2.62 bits per heavy atom. The maximum atomic E-state index is 12.9. The Hall–Kier alpha value is -0.960. The molecule has 0 saturated carbocycles. The lowest BCUT2D eigenvalue weighted by Crippen LogP contribution is -2.03. The van der Waals surface area contributed by atoms with E-state index in [1.807, 2.05) is 13.8 Å². The summed E-state index contributed by atoms with van der Waals surface area (Å²) in [5.41, 5.74) is 2.40. The number of carbonyl (C=O) groups is 1. The third-order valence-electron chi connectivity index (χ3n) is 2.38. The monoisotopic (exact) mass is 284 g/mol. The van der Waals surface area contributed by atoms with E-state index < -0.39 is 0 Å². The number of hydrogen-bond acceptors (Lipinski definition) is 1. The van der Waals surface area contributed by atoms with Crippen LogP contribution in [0.25, 0.3) is 5.57 Å². The largest absolute Gasteiger partial charge is 0.298 e. The number of allylic oxidation sites excluding steroid dienone is 2. The van der Waals surface area contributed by atoms with E-state index in [0.717, 1.165) is 34.7 Å². The smallest absolute Gasteiger partial charge is 0.151 e. The second kappa shape index (κ2) is 5.94. The van der Waals surface area contributed by atoms with Gasteiger partial charge in [-0.15, -0.1) is 0 Å². The fourth-order valence-electron chi connectivity index (χ4n) is 1.68. The van der Waals surface area contributed by atoms with Crippen molar-refractivity contribution < 1.29 is 9.18 Å². The molecule has 0 radical (unpaired) electrons. The Morgan fingerprint density at radius 2 is 2.00 bits per heavy atom. The molecule has 0 unspecified atom stereocenters. The minimum Gasteiger partial charge on any atom is -0.298 e. The zero-order chi connectivity index (χ0) is 12.1. The molecule has 0 N–H and O–H groups in total. The van der Waals surface area contributed by atoms with E-state index in [4.69, 9.17) is 0 Å². The highest BCUT2D eigenvalue weighted by molar-refractivity contribution is 9.11. The van der Waals surface area contributed by atoms with Crippen LogP contribution in [-0.2, 0) is 11.2 Å². The van der Waals surface area contributed by atoms with Crippen molar-refractivity contribution in [3.05, 3.63) is 39.6 Å². The molecule has 3 heteroatoms. The van der Waals surface area contributed by atoms with Crippen molar-refractivity contribution in [2.24, 2.45) is 0 Å². The average Bonchev–Trinajstić information content (AvgIpc) is 2.32. The van der Waals surface area contributed by atoms with Gasteiger partial charge in [-0.2, -0.15) is 0 Å². The van der Waals surface area contributed by atoms with Gasteiger partial charge in [0.1, 0.15) is 5.82 Å². The first-order chi connectivity index (χ1) is 7.72. The maximum absolute atomic E-state index is 12.9. The highest BCUT2D eigenvalue weighted by Crippen LogP contribution is 2.33. The third kappa shape index (κ3) is 2.59. The molecule has 1 aliphatic rings. The summed E-state index contributed by atoms with van der Waals surface area (Å²) >= 11 is 3.36. The van der Waals surface area contributed by atoms with E-state index in [0.29, 0.717) is 5.57 Å². The molecule has 0 amide bonds. The van der Waals surface area contributed by atoms with E-state index in [1.165, 1.54) is 12.1 Å². The van der Waals surface area contributed by atoms with E-state index in [1.54, 1.807) is 6.07 Å². The van der Waals surface area contributed by atoms with Crippen LogP contribution < -0.4 is 0 Å².